The first-order valence-corrected chi connectivity index (χ1v) is 22.3. The van der Waals surface area contributed by atoms with E-state index in [4.69, 9.17) is 82.5 Å². The van der Waals surface area contributed by atoms with E-state index in [0.717, 1.165) is 0 Å². The van der Waals surface area contributed by atoms with Crippen LogP contribution in [0.25, 0.3) is 6.08 Å². The van der Waals surface area contributed by atoms with Crippen molar-refractivity contribution < 1.29 is 89.5 Å². The maximum absolute atomic E-state index is 12.8. The molecule has 1 atom stereocenters. The van der Waals surface area contributed by atoms with E-state index in [1.165, 1.54) is 17.0 Å². The Hall–Kier alpha value is -2.67. The van der Waals surface area contributed by atoms with Gasteiger partial charge in [0, 0.05) is 19.6 Å². The van der Waals surface area contributed by atoms with Gasteiger partial charge in [0.25, 0.3) is 0 Å². The van der Waals surface area contributed by atoms with Gasteiger partial charge in [0.05, 0.1) is 82.5 Å². The first kappa shape index (κ1) is 52.5. The molecule has 1 aromatic rings. The van der Waals surface area contributed by atoms with E-state index in [-0.39, 0.29) is 109 Å². The van der Waals surface area contributed by atoms with Gasteiger partial charge in [-0.05, 0) is 52.5 Å². The lowest BCUT2D eigenvalue weighted by atomic mass is 10.2. The highest BCUT2D eigenvalue weighted by atomic mass is 35.6. The Labute approximate surface area is 355 Å². The second-order valence-corrected chi connectivity index (χ2v) is 18.1. The molecule has 1 aromatic carbocycles. The summed E-state index contributed by atoms with van der Waals surface area (Å²) in [5.74, 6) is -2.33. The lowest BCUT2D eigenvalue weighted by Crippen LogP contribution is -2.39. The summed E-state index contributed by atoms with van der Waals surface area (Å²) in [7, 11) is -7.59. The highest BCUT2D eigenvalue weighted by Gasteiger charge is 2.30. The summed E-state index contributed by atoms with van der Waals surface area (Å²) in [5, 5.41) is 10.9. The van der Waals surface area contributed by atoms with Crippen molar-refractivity contribution in [3.8, 4) is 0 Å². The smallest absolute Gasteiger partial charge is 0.410 e. The summed E-state index contributed by atoms with van der Waals surface area (Å²) >= 11 is 16.0. The number of esters is 1. The van der Waals surface area contributed by atoms with Crippen LogP contribution in [0.5, 0.6) is 0 Å². The van der Waals surface area contributed by atoms with Crippen LogP contribution in [0.1, 0.15) is 5.56 Å². The van der Waals surface area contributed by atoms with Crippen LogP contribution in [0, 0.1) is 0 Å². The number of halogens is 3. The zero-order chi connectivity index (χ0) is 43.6. The standard InChI is InChI=1S/C33H48Cl3N2O19PS/c34-33(35,36)57-32(43)37-5-8-48-11-12-49-9-6-38(7-10-50-13-14-52-22-30(40)41)29(39)21-51-15-17-54-24-58(44,45)25-55-18-16-53-23-31(42)56-20-27-19-26-3-1-2-4-28(26)59(27,46)47/h1-4,19H,5-18,20-25H2,(H,37,43)(H,40,41)(H,44,45). The molecule has 59 heavy (non-hydrogen) atoms. The number of hydrogen-bond donors (Lipinski definition) is 3. The number of carbonyl (C=O) groups excluding carboxylic acids is 3. The molecule has 0 aromatic heterocycles. The molecule has 0 radical (unpaired) electrons. The van der Waals surface area contributed by atoms with Gasteiger partial charge in [-0.15, -0.1) is 0 Å². The molecule has 0 fully saturated rings. The lowest BCUT2D eigenvalue weighted by Gasteiger charge is -2.23. The highest BCUT2D eigenvalue weighted by Crippen LogP contribution is 2.40. The molecule has 1 aliphatic heterocycles. The number of nitrogens with zero attached hydrogens (tertiary/aromatic N) is 1. The minimum Gasteiger partial charge on any atom is -0.480 e. The zero-order valence-electron chi connectivity index (χ0n) is 31.8. The molecule has 2 amide bonds. The monoisotopic (exact) mass is 944 g/mol. The fourth-order valence-electron chi connectivity index (χ4n) is 4.42. The van der Waals surface area contributed by atoms with Crippen LogP contribution in [-0.4, -0.2) is 183 Å². The Balaban J connectivity index is 1.57. The molecule has 26 heteroatoms. The Morgan fingerprint density at radius 2 is 1.25 bits per heavy atom. The Morgan fingerprint density at radius 1 is 0.729 bits per heavy atom. The summed E-state index contributed by atoms with van der Waals surface area (Å²) in [6.45, 7) is -0.953. The number of carbonyl (C=O) groups is 4. The molecule has 1 heterocycles. The van der Waals surface area contributed by atoms with Gasteiger partial charge < -0.3 is 67.6 Å². The van der Waals surface area contributed by atoms with Crippen LogP contribution in [0.15, 0.2) is 34.1 Å². The molecule has 2 rings (SSSR count). The van der Waals surface area contributed by atoms with Gasteiger partial charge in [-0.25, -0.2) is 22.8 Å². The van der Waals surface area contributed by atoms with E-state index in [2.05, 4.69) is 10.1 Å². The minimum atomic E-state index is -3.86. The van der Waals surface area contributed by atoms with Gasteiger partial charge in [0.15, 0.2) is 0 Å². The number of fused-ring (bicyclic) bond motifs is 1. The Morgan fingerprint density at radius 3 is 1.83 bits per heavy atom. The number of carboxylic acids is 1. The second-order valence-electron chi connectivity index (χ2n) is 11.8. The van der Waals surface area contributed by atoms with Crippen LogP contribution in [0.2, 0.25) is 0 Å². The summed E-state index contributed by atoms with van der Waals surface area (Å²) < 4.78 is 86.7. The van der Waals surface area contributed by atoms with Gasteiger partial charge in [0.2, 0.25) is 23.1 Å². The van der Waals surface area contributed by atoms with Crippen LogP contribution in [0.4, 0.5) is 4.79 Å². The first-order chi connectivity index (χ1) is 28.0. The molecule has 0 bridgehead atoms. The molecule has 0 saturated carbocycles. The van der Waals surface area contributed by atoms with E-state index in [0.29, 0.717) is 5.56 Å². The number of ether oxygens (including phenoxy) is 10. The van der Waals surface area contributed by atoms with E-state index < -0.39 is 77.6 Å². The number of carboxylic acid groups (broad SMARTS) is 1. The number of amides is 2. The van der Waals surface area contributed by atoms with Gasteiger partial charge in [-0.1, -0.05) is 18.2 Å². The van der Waals surface area contributed by atoms with Crippen molar-refractivity contribution in [1.29, 1.82) is 0 Å². The van der Waals surface area contributed by atoms with E-state index >= 15 is 0 Å². The molecular formula is C33H48Cl3N2O19PS. The summed E-state index contributed by atoms with van der Waals surface area (Å²) in [5.41, 5.74) is 0.513. The predicted molar refractivity (Wildman–Crippen MR) is 208 cm³/mol. The number of alkyl halides is 3. The Kier molecular flexibility index (Phi) is 25.6. The maximum Gasteiger partial charge on any atom is 0.410 e. The molecule has 0 aliphatic carbocycles. The van der Waals surface area contributed by atoms with Crippen molar-refractivity contribution >= 4 is 82.0 Å². The molecule has 1 aliphatic rings. The quantitative estimate of drug-likeness (QED) is 0.0391. The minimum absolute atomic E-state index is 0.0453. The van der Waals surface area contributed by atoms with Crippen LogP contribution in [-0.2, 0) is 76.2 Å². The average Bonchev–Trinajstić information content (AvgIpc) is 3.42. The number of sulfone groups is 1. The van der Waals surface area contributed by atoms with E-state index in [9.17, 15) is 37.1 Å². The van der Waals surface area contributed by atoms with Crippen LogP contribution in [0.3, 0.4) is 0 Å². The SMILES string of the molecule is O=C(O)COCCOCCN(CCOCCOCCNC(=O)OC(Cl)(Cl)Cl)C(=O)COCCOCP(=O)(O)COCCOCC(=O)OCC1=Cc2ccccc2S1(=O)=O. The molecule has 3 N–H and O–H groups in total. The van der Waals surface area contributed by atoms with Gasteiger partial charge in [0.1, 0.15) is 39.1 Å². The molecule has 1 unspecified atom stereocenters. The number of aliphatic carboxylic acids is 1. The van der Waals surface area contributed by atoms with Crippen molar-refractivity contribution in [3.63, 3.8) is 0 Å². The summed E-state index contributed by atoms with van der Waals surface area (Å²) in [6.07, 6.45) is -0.614. The number of rotatable bonds is 33. The second kappa shape index (κ2) is 28.8. The third kappa shape index (κ3) is 24.4. The average molecular weight is 946 g/mol. The summed E-state index contributed by atoms with van der Waals surface area (Å²) in [4.78, 5) is 58.4. The normalized spacial score (nSPS) is 14.2. The van der Waals surface area contributed by atoms with Crippen LogP contribution < -0.4 is 5.32 Å². The van der Waals surface area contributed by atoms with E-state index in [1.54, 1.807) is 18.2 Å². The highest BCUT2D eigenvalue weighted by molar-refractivity contribution is 7.95. The molecule has 21 nitrogen and oxygen atoms in total. The number of benzene rings is 1. The van der Waals surface area contributed by atoms with Crippen molar-refractivity contribution in [2.45, 2.75) is 8.87 Å². The van der Waals surface area contributed by atoms with Crippen LogP contribution >= 0.6 is 42.2 Å². The van der Waals surface area contributed by atoms with Crippen molar-refractivity contribution in [2.24, 2.45) is 0 Å². The number of alkyl carbamates (subject to hydrolysis) is 1. The van der Waals surface area contributed by atoms with Crippen molar-refractivity contribution in [1.82, 2.24) is 10.2 Å². The fourth-order valence-corrected chi connectivity index (χ4v) is 7.01. The maximum atomic E-state index is 12.8. The predicted octanol–water partition coefficient (Wildman–Crippen LogP) is 1.64. The van der Waals surface area contributed by atoms with Gasteiger partial charge in [-0.3, -0.25) is 9.36 Å². The van der Waals surface area contributed by atoms with Gasteiger partial charge >= 0.3 is 22.0 Å². The van der Waals surface area contributed by atoms with E-state index in [1.807, 2.05) is 0 Å². The fraction of sp³-hybridized carbons (Fsp3) is 0.636. The molecule has 336 valence electrons. The topological polar surface area (TPSA) is 268 Å². The van der Waals surface area contributed by atoms with Crippen molar-refractivity contribution in [3.05, 3.63) is 34.7 Å². The largest absolute Gasteiger partial charge is 0.480 e. The molecule has 0 spiro atoms. The number of nitrogens with one attached hydrogen (secondary N) is 1. The van der Waals surface area contributed by atoms with Crippen molar-refractivity contribution in [2.75, 3.05) is 131 Å². The number of hydrogen-bond acceptors (Lipinski definition) is 17. The zero-order valence-corrected chi connectivity index (χ0v) is 35.8. The first-order valence-electron chi connectivity index (χ1n) is 17.7. The Bertz CT molecular complexity index is 1650. The lowest BCUT2D eigenvalue weighted by molar-refractivity contribution is -0.148. The third-order valence-electron chi connectivity index (χ3n) is 7.08. The summed E-state index contributed by atoms with van der Waals surface area (Å²) in [6, 6.07) is 6.40. The van der Waals surface area contributed by atoms with Gasteiger partial charge in [-0.2, -0.15) is 0 Å². The molecule has 0 saturated heterocycles. The molecular weight excluding hydrogens is 898 g/mol. The third-order valence-corrected chi connectivity index (χ3v) is 10.4.